The van der Waals surface area contributed by atoms with E-state index < -0.39 is 26.0 Å². The Morgan fingerprint density at radius 3 is 1.65 bits per heavy atom. The SMILES string of the molecule is NCCS(=O)(=O)N1CCCC1.O=C(CCCS(=O)(=O)N1CCCC1)c1noc2c1CN(c1ncnc3[nH]ccc13)CC2.O=C(O)c1noc2c1CN(c1ncnc3[nH]ccc13)CC2. The minimum atomic E-state index is -3.29. The minimum Gasteiger partial charge on any atom is -0.476 e. The molecule has 336 valence electrons. The number of carboxylic acid groups (broad SMARTS) is 1. The predicted octanol–water partition coefficient (Wildman–Crippen LogP) is 2.47. The Morgan fingerprint density at radius 2 is 1.16 bits per heavy atom. The Kier molecular flexibility index (Phi) is 13.1. The fourth-order valence-corrected chi connectivity index (χ4v) is 11.2. The molecule has 6 aromatic heterocycles. The van der Waals surface area contributed by atoms with Crippen molar-refractivity contribution in [2.24, 2.45) is 5.73 Å². The van der Waals surface area contributed by atoms with E-state index in [0.29, 0.717) is 88.0 Å². The number of rotatable bonds is 12. The van der Waals surface area contributed by atoms with Gasteiger partial charge in [-0.3, -0.25) is 4.79 Å². The first-order chi connectivity index (χ1) is 30.4. The number of carboxylic acids is 1. The van der Waals surface area contributed by atoms with E-state index in [2.05, 4.69) is 45.1 Å². The summed E-state index contributed by atoms with van der Waals surface area (Å²) in [6, 6.07) is 3.84. The van der Waals surface area contributed by atoms with Gasteiger partial charge in [-0.15, -0.1) is 0 Å². The second-order valence-electron chi connectivity index (χ2n) is 15.5. The predicted molar refractivity (Wildman–Crippen MR) is 229 cm³/mol. The molecule has 24 heteroatoms. The highest BCUT2D eigenvalue weighted by Crippen LogP contribution is 2.31. The Labute approximate surface area is 362 Å². The standard InChI is InChI=1S/C20H24N6O4S.C13H11N5O3.C6H14N2O2S/c27-16(4-3-11-31(28,29)26-8-1-2-9-26)18-15-12-25(10-6-17(15)30-24-18)20-14-5-7-21-19(14)22-13-23-20;19-13(20)10-8-5-18(4-2-9(8)21-17-10)12-7-1-3-14-11(7)15-6-16-12;7-3-6-11(9,10)8-4-1-2-5-8/h5,7,13H,1-4,6,8-12H2,(H,21,22,23);1,3,6H,2,4-5H2,(H,19,20)(H,14,15,16);1-7H2. The van der Waals surface area contributed by atoms with Crippen LogP contribution in [0.1, 0.15) is 82.1 Å². The van der Waals surface area contributed by atoms with Gasteiger partial charge in [-0.1, -0.05) is 10.3 Å². The van der Waals surface area contributed by atoms with Crippen molar-refractivity contribution < 1.29 is 40.6 Å². The molecule has 63 heavy (non-hydrogen) atoms. The van der Waals surface area contributed by atoms with Crippen molar-refractivity contribution in [1.29, 1.82) is 0 Å². The first-order valence-corrected chi connectivity index (χ1v) is 24.1. The summed E-state index contributed by atoms with van der Waals surface area (Å²) in [5.74, 6) is 1.75. The van der Waals surface area contributed by atoms with Crippen molar-refractivity contribution in [3.63, 3.8) is 0 Å². The van der Waals surface area contributed by atoms with Gasteiger partial charge in [0.1, 0.15) is 47.1 Å². The molecule has 6 aromatic rings. The molecule has 2 saturated heterocycles. The molecular formula is C39H49N13O9S2. The number of nitrogens with two attached hydrogens (primary N) is 1. The van der Waals surface area contributed by atoms with E-state index in [1.165, 1.54) is 21.3 Å². The number of nitrogens with one attached hydrogen (secondary N) is 2. The number of aromatic nitrogens is 8. The van der Waals surface area contributed by atoms with Gasteiger partial charge in [0.2, 0.25) is 20.0 Å². The Balaban J connectivity index is 0.000000146. The van der Waals surface area contributed by atoms with Gasteiger partial charge in [0.05, 0.1) is 35.4 Å². The normalized spacial score (nSPS) is 17.0. The summed E-state index contributed by atoms with van der Waals surface area (Å²) in [5, 5.41) is 18.6. The van der Waals surface area contributed by atoms with Gasteiger partial charge < -0.3 is 39.7 Å². The quantitative estimate of drug-likeness (QED) is 0.128. The average molecular weight is 908 g/mol. The number of aromatic carboxylic acids is 1. The lowest BCUT2D eigenvalue weighted by Crippen LogP contribution is -2.32. The molecule has 0 spiro atoms. The highest BCUT2D eigenvalue weighted by Gasteiger charge is 2.31. The molecule has 0 aliphatic carbocycles. The largest absolute Gasteiger partial charge is 0.476 e. The third kappa shape index (κ3) is 9.58. The highest BCUT2D eigenvalue weighted by atomic mass is 32.2. The molecule has 5 N–H and O–H groups in total. The lowest BCUT2D eigenvalue weighted by molar-refractivity contribution is 0.0684. The van der Waals surface area contributed by atoms with Crippen molar-refractivity contribution in [3.05, 3.63) is 71.2 Å². The summed E-state index contributed by atoms with van der Waals surface area (Å²) in [4.78, 5) is 51.4. The number of Topliss-reactive ketones (excluding diaryl/α,β-unsaturated/α-hetero) is 1. The van der Waals surface area contributed by atoms with E-state index in [1.807, 2.05) is 23.2 Å². The fraction of sp³-hybridized carbons (Fsp3) is 0.487. The molecule has 0 radical (unpaired) electrons. The molecule has 0 amide bonds. The maximum atomic E-state index is 12.8. The molecule has 22 nitrogen and oxygen atoms in total. The summed E-state index contributed by atoms with van der Waals surface area (Å²) in [6.07, 6.45) is 12.1. The van der Waals surface area contributed by atoms with Gasteiger partial charge in [-0.25, -0.2) is 50.2 Å². The van der Waals surface area contributed by atoms with Crippen LogP contribution >= 0.6 is 0 Å². The number of ketones is 1. The number of hydrogen-bond donors (Lipinski definition) is 4. The first-order valence-electron chi connectivity index (χ1n) is 20.9. The Bertz CT molecular complexity index is 2790. The van der Waals surface area contributed by atoms with Crippen LogP contribution in [0.4, 0.5) is 11.6 Å². The van der Waals surface area contributed by atoms with Crippen LogP contribution in [-0.2, 0) is 46.0 Å². The van der Waals surface area contributed by atoms with Gasteiger partial charge in [-0.05, 0) is 44.2 Å². The maximum Gasteiger partial charge on any atom is 0.358 e. The molecule has 0 unspecified atom stereocenters. The van der Waals surface area contributed by atoms with Crippen molar-refractivity contribution >= 4 is 65.5 Å². The number of fused-ring (bicyclic) bond motifs is 4. The van der Waals surface area contributed by atoms with Gasteiger partial charge in [0.25, 0.3) is 0 Å². The van der Waals surface area contributed by atoms with E-state index in [4.69, 9.17) is 19.9 Å². The van der Waals surface area contributed by atoms with Crippen LogP contribution in [0.5, 0.6) is 0 Å². The molecule has 4 aliphatic heterocycles. The van der Waals surface area contributed by atoms with Gasteiger partial charge in [0, 0.05) is 88.6 Å². The second kappa shape index (κ2) is 18.9. The van der Waals surface area contributed by atoms with Gasteiger partial charge in [0.15, 0.2) is 17.2 Å². The molecule has 0 saturated carbocycles. The number of carbonyl (C=O) groups excluding carboxylic acids is 1. The third-order valence-corrected chi connectivity index (χ3v) is 15.3. The monoisotopic (exact) mass is 907 g/mol. The zero-order chi connectivity index (χ0) is 44.1. The van der Waals surface area contributed by atoms with E-state index in [0.717, 1.165) is 64.9 Å². The maximum absolute atomic E-state index is 12.8. The molecule has 0 atom stereocenters. The van der Waals surface area contributed by atoms with Crippen LogP contribution < -0.4 is 15.5 Å². The summed E-state index contributed by atoms with van der Waals surface area (Å²) < 4.78 is 60.9. The van der Waals surface area contributed by atoms with E-state index in [1.54, 1.807) is 6.20 Å². The van der Waals surface area contributed by atoms with Gasteiger partial charge >= 0.3 is 5.97 Å². The number of carbonyl (C=O) groups is 2. The van der Waals surface area contributed by atoms with Gasteiger partial charge in [-0.2, -0.15) is 0 Å². The number of aromatic amines is 2. The number of anilines is 2. The molecule has 10 heterocycles. The summed E-state index contributed by atoms with van der Waals surface area (Å²) >= 11 is 0. The fourth-order valence-electron chi connectivity index (χ4n) is 8.26. The summed E-state index contributed by atoms with van der Waals surface area (Å²) in [5.41, 5.74) is 8.37. The number of sulfonamides is 2. The Morgan fingerprint density at radius 1 is 0.683 bits per heavy atom. The smallest absolute Gasteiger partial charge is 0.358 e. The van der Waals surface area contributed by atoms with Crippen molar-refractivity contribution in [3.8, 4) is 0 Å². The lowest BCUT2D eigenvalue weighted by atomic mass is 10.0. The lowest BCUT2D eigenvalue weighted by Gasteiger charge is -2.27. The number of nitrogens with zero attached hydrogens (tertiary/aromatic N) is 10. The van der Waals surface area contributed by atoms with E-state index in [9.17, 15) is 26.4 Å². The van der Waals surface area contributed by atoms with Crippen LogP contribution in [0.25, 0.3) is 22.1 Å². The zero-order valence-corrected chi connectivity index (χ0v) is 36.1. The number of hydrogen-bond acceptors (Lipinski definition) is 17. The molecule has 4 aliphatic rings. The number of H-pyrrole nitrogens is 2. The molecule has 2 fully saturated rings. The summed E-state index contributed by atoms with van der Waals surface area (Å²) in [7, 11) is -6.29. The van der Waals surface area contributed by atoms with Crippen LogP contribution in [0.3, 0.4) is 0 Å². The Hall–Kier alpha value is -5.82. The highest BCUT2D eigenvalue weighted by molar-refractivity contribution is 7.89. The third-order valence-electron chi connectivity index (χ3n) is 11.5. The van der Waals surface area contributed by atoms with Crippen LogP contribution in [0.15, 0.2) is 46.2 Å². The van der Waals surface area contributed by atoms with Crippen molar-refractivity contribution in [2.45, 2.75) is 64.5 Å². The molecule has 0 aromatic carbocycles. The molecule has 0 bridgehead atoms. The summed E-state index contributed by atoms with van der Waals surface area (Å²) in [6.45, 7) is 5.02. The zero-order valence-electron chi connectivity index (χ0n) is 34.5. The molecular weight excluding hydrogens is 859 g/mol. The van der Waals surface area contributed by atoms with Crippen molar-refractivity contribution in [2.75, 3.05) is 67.1 Å². The average Bonchev–Trinajstić information content (AvgIpc) is 4.14. The van der Waals surface area contributed by atoms with Crippen LogP contribution in [-0.4, -0.2) is 140 Å². The second-order valence-corrected chi connectivity index (χ2v) is 19.7. The van der Waals surface area contributed by atoms with E-state index >= 15 is 0 Å². The minimum absolute atomic E-state index is 0.0166. The first kappa shape index (κ1) is 43.8. The topological polar surface area (TPSA) is 297 Å². The van der Waals surface area contributed by atoms with Crippen LogP contribution in [0, 0.1) is 0 Å². The molecule has 10 rings (SSSR count). The van der Waals surface area contributed by atoms with Crippen LogP contribution in [0.2, 0.25) is 0 Å². The van der Waals surface area contributed by atoms with Crippen molar-refractivity contribution in [1.82, 2.24) is 48.8 Å². The van der Waals surface area contributed by atoms with E-state index in [-0.39, 0.29) is 42.4 Å².